The lowest BCUT2D eigenvalue weighted by Gasteiger charge is -2.24. The molecule has 0 radical (unpaired) electrons. The van der Waals surface area contributed by atoms with Gasteiger partial charge in [0.05, 0.1) is 29.4 Å². The van der Waals surface area contributed by atoms with Crippen LogP contribution in [0, 0.1) is 0 Å². The van der Waals surface area contributed by atoms with Gasteiger partial charge in [0.1, 0.15) is 0 Å². The van der Waals surface area contributed by atoms with Crippen molar-refractivity contribution in [1.82, 2.24) is 5.43 Å². The van der Waals surface area contributed by atoms with Gasteiger partial charge < -0.3 is 5.73 Å². The van der Waals surface area contributed by atoms with Gasteiger partial charge >= 0.3 is 6.18 Å². The zero-order valence-electron chi connectivity index (χ0n) is 9.58. The molecule has 1 amide bonds. The number of hydrogen-bond donors (Lipinski definition) is 2. The van der Waals surface area contributed by atoms with Crippen LogP contribution in [0.2, 0.25) is 0 Å². The van der Waals surface area contributed by atoms with Crippen LogP contribution in [0.25, 0.3) is 0 Å². The summed E-state index contributed by atoms with van der Waals surface area (Å²) in [7, 11) is 0. The Balaban J connectivity index is 2.34. The molecule has 0 bridgehead atoms. The predicted octanol–water partition coefficient (Wildman–Crippen LogP) is 1.92. The van der Waals surface area contributed by atoms with Crippen LogP contribution in [0.5, 0.6) is 0 Å². The molecule has 1 aliphatic heterocycles. The van der Waals surface area contributed by atoms with E-state index in [-0.39, 0.29) is 17.6 Å². The number of benzene rings is 1. The minimum atomic E-state index is -4.42. The number of hydrazine groups is 1. The van der Waals surface area contributed by atoms with Crippen LogP contribution < -0.4 is 16.2 Å². The third-order valence-electron chi connectivity index (χ3n) is 2.78. The average Bonchev–Trinajstić information content (AvgIpc) is 2.56. The van der Waals surface area contributed by atoms with Crippen molar-refractivity contribution in [2.24, 2.45) is 0 Å². The molecule has 1 unspecified atom stereocenters. The van der Waals surface area contributed by atoms with E-state index in [1.165, 1.54) is 11.1 Å². The van der Waals surface area contributed by atoms with Crippen LogP contribution in [0.4, 0.5) is 24.5 Å². The van der Waals surface area contributed by atoms with Gasteiger partial charge in [-0.05, 0) is 25.1 Å². The Morgan fingerprint density at radius 3 is 2.56 bits per heavy atom. The molecule has 4 nitrogen and oxygen atoms in total. The van der Waals surface area contributed by atoms with E-state index in [4.69, 9.17) is 5.73 Å². The number of nitrogens with one attached hydrogen (secondary N) is 1. The summed E-state index contributed by atoms with van der Waals surface area (Å²) in [4.78, 5) is 11.2. The third-order valence-corrected chi connectivity index (χ3v) is 2.78. The smallest absolute Gasteiger partial charge is 0.397 e. The van der Waals surface area contributed by atoms with Crippen molar-refractivity contribution >= 4 is 17.3 Å². The van der Waals surface area contributed by atoms with Gasteiger partial charge in [-0.1, -0.05) is 0 Å². The normalized spacial score (nSPS) is 20.1. The predicted molar refractivity (Wildman–Crippen MR) is 60.6 cm³/mol. The summed E-state index contributed by atoms with van der Waals surface area (Å²) in [6, 6.07) is 2.94. The van der Waals surface area contributed by atoms with E-state index >= 15 is 0 Å². The summed E-state index contributed by atoms with van der Waals surface area (Å²) < 4.78 is 37.4. The van der Waals surface area contributed by atoms with Crippen molar-refractivity contribution < 1.29 is 18.0 Å². The first-order valence-electron chi connectivity index (χ1n) is 5.34. The molecule has 1 fully saturated rings. The number of rotatable bonds is 1. The Morgan fingerprint density at radius 1 is 1.44 bits per heavy atom. The molecule has 1 saturated heterocycles. The monoisotopic (exact) mass is 259 g/mol. The first-order chi connectivity index (χ1) is 8.29. The van der Waals surface area contributed by atoms with Gasteiger partial charge in [-0.3, -0.25) is 15.2 Å². The van der Waals surface area contributed by atoms with Gasteiger partial charge in [0.25, 0.3) is 0 Å². The summed E-state index contributed by atoms with van der Waals surface area (Å²) in [5, 5.41) is 1.48. The number of nitrogens with zero attached hydrogens (tertiary/aromatic N) is 1. The van der Waals surface area contributed by atoms with Gasteiger partial charge in [-0.25, -0.2) is 0 Å². The summed E-state index contributed by atoms with van der Waals surface area (Å²) in [5.41, 5.74) is 7.72. The van der Waals surface area contributed by atoms with Crippen LogP contribution >= 0.6 is 0 Å². The first-order valence-corrected chi connectivity index (χ1v) is 5.34. The summed E-state index contributed by atoms with van der Waals surface area (Å²) in [6.45, 7) is 1.79. The van der Waals surface area contributed by atoms with Crippen LogP contribution in [-0.4, -0.2) is 11.9 Å². The lowest BCUT2D eigenvalue weighted by molar-refractivity contribution is -0.137. The van der Waals surface area contributed by atoms with Gasteiger partial charge in [-0.15, -0.1) is 0 Å². The molecule has 1 heterocycles. The Hall–Kier alpha value is -1.92. The number of carbonyl (C=O) groups excluding carboxylic acids is 1. The van der Waals surface area contributed by atoms with E-state index in [1.54, 1.807) is 6.92 Å². The number of anilines is 2. The summed E-state index contributed by atoms with van der Waals surface area (Å²) in [5.74, 6) is -0.179. The molecule has 0 spiro atoms. The van der Waals surface area contributed by atoms with Crippen molar-refractivity contribution in [1.29, 1.82) is 0 Å². The second-order valence-electron chi connectivity index (χ2n) is 4.23. The molecular weight excluding hydrogens is 247 g/mol. The van der Waals surface area contributed by atoms with E-state index in [1.807, 2.05) is 0 Å². The third kappa shape index (κ3) is 2.20. The fraction of sp³-hybridized carbons (Fsp3) is 0.364. The maximum absolute atomic E-state index is 12.5. The zero-order chi connectivity index (χ0) is 13.5. The maximum atomic E-state index is 12.5. The van der Waals surface area contributed by atoms with E-state index in [0.717, 1.165) is 12.1 Å². The molecule has 98 valence electrons. The van der Waals surface area contributed by atoms with Crippen molar-refractivity contribution in [2.45, 2.75) is 25.6 Å². The molecule has 1 aromatic carbocycles. The van der Waals surface area contributed by atoms with Gasteiger partial charge in [-0.2, -0.15) is 13.2 Å². The quantitative estimate of drug-likeness (QED) is 0.757. The van der Waals surface area contributed by atoms with E-state index in [9.17, 15) is 18.0 Å². The van der Waals surface area contributed by atoms with E-state index in [0.29, 0.717) is 12.1 Å². The number of amides is 1. The SMILES string of the molecule is CC1CC(=O)NN1c1ccc(C(F)(F)F)cc1N. The number of carbonyl (C=O) groups is 1. The summed E-state index contributed by atoms with van der Waals surface area (Å²) in [6.07, 6.45) is -4.13. The lowest BCUT2D eigenvalue weighted by atomic mass is 10.1. The lowest BCUT2D eigenvalue weighted by Crippen LogP contribution is -2.37. The van der Waals surface area contributed by atoms with Crippen LogP contribution in [0.15, 0.2) is 18.2 Å². The highest BCUT2D eigenvalue weighted by atomic mass is 19.4. The Labute approximate surface area is 102 Å². The van der Waals surface area contributed by atoms with E-state index < -0.39 is 11.7 Å². The molecule has 0 aromatic heterocycles. The average molecular weight is 259 g/mol. The van der Waals surface area contributed by atoms with Crippen molar-refractivity contribution in [3.8, 4) is 0 Å². The van der Waals surface area contributed by atoms with Crippen LogP contribution in [0.3, 0.4) is 0 Å². The van der Waals surface area contributed by atoms with Gasteiger partial charge in [0.2, 0.25) is 5.91 Å². The number of halogens is 3. The highest BCUT2D eigenvalue weighted by molar-refractivity contribution is 5.84. The summed E-state index contributed by atoms with van der Waals surface area (Å²) >= 11 is 0. The molecular formula is C11H12F3N3O. The molecule has 7 heteroatoms. The highest BCUT2D eigenvalue weighted by Gasteiger charge is 2.33. The minimum Gasteiger partial charge on any atom is -0.397 e. The second-order valence-corrected chi connectivity index (χ2v) is 4.23. The standard InChI is InChI=1S/C11H12F3N3O/c1-6-4-10(18)16-17(6)9-3-2-7(5-8(9)15)11(12,13)14/h2-3,5-6H,4,15H2,1H3,(H,16,18). The molecule has 1 aromatic rings. The van der Waals surface area contributed by atoms with E-state index in [2.05, 4.69) is 5.43 Å². The molecule has 2 rings (SSSR count). The molecule has 0 saturated carbocycles. The zero-order valence-corrected chi connectivity index (χ0v) is 9.58. The molecule has 18 heavy (non-hydrogen) atoms. The Bertz CT molecular complexity index is 487. The number of alkyl halides is 3. The number of nitrogen functional groups attached to an aromatic ring is 1. The van der Waals surface area contributed by atoms with Crippen LogP contribution in [0.1, 0.15) is 18.9 Å². The Morgan fingerprint density at radius 2 is 2.11 bits per heavy atom. The second kappa shape index (κ2) is 4.08. The van der Waals surface area contributed by atoms with Crippen molar-refractivity contribution in [3.05, 3.63) is 23.8 Å². The minimum absolute atomic E-state index is 0.0149. The fourth-order valence-electron chi connectivity index (χ4n) is 1.90. The largest absolute Gasteiger partial charge is 0.416 e. The molecule has 0 aliphatic carbocycles. The van der Waals surface area contributed by atoms with Gasteiger partial charge in [0, 0.05) is 0 Å². The number of nitrogens with two attached hydrogens (primary N) is 1. The number of hydrogen-bond acceptors (Lipinski definition) is 3. The van der Waals surface area contributed by atoms with Gasteiger partial charge in [0.15, 0.2) is 0 Å². The van der Waals surface area contributed by atoms with Crippen molar-refractivity contribution in [2.75, 3.05) is 10.7 Å². The molecule has 1 atom stereocenters. The fourth-order valence-corrected chi connectivity index (χ4v) is 1.90. The molecule has 3 N–H and O–H groups in total. The maximum Gasteiger partial charge on any atom is 0.416 e. The molecule has 1 aliphatic rings. The van der Waals surface area contributed by atoms with Crippen LogP contribution in [-0.2, 0) is 11.0 Å². The highest BCUT2D eigenvalue weighted by Crippen LogP contribution is 2.35. The van der Waals surface area contributed by atoms with Crippen molar-refractivity contribution in [3.63, 3.8) is 0 Å². The topological polar surface area (TPSA) is 58.4 Å². The Kier molecular flexibility index (Phi) is 2.84. The first kappa shape index (κ1) is 12.5.